The largest absolute Gasteiger partial charge is 0.496 e. The summed E-state index contributed by atoms with van der Waals surface area (Å²) < 4.78 is 11.1. The third-order valence-corrected chi connectivity index (χ3v) is 3.91. The van der Waals surface area contributed by atoms with Gasteiger partial charge in [-0.15, -0.1) is 0 Å². The average molecular weight is 323 g/mol. The molecule has 0 aliphatic heterocycles. The van der Waals surface area contributed by atoms with Crippen LogP contribution in [0, 0.1) is 0 Å². The molecule has 0 aliphatic carbocycles. The maximum Gasteiger partial charge on any atom is 0.181 e. The molecule has 0 amide bonds. The molecule has 0 bridgehead atoms. The van der Waals surface area contributed by atoms with Crippen molar-refractivity contribution in [1.29, 1.82) is 0 Å². The van der Waals surface area contributed by atoms with Gasteiger partial charge >= 0.3 is 0 Å². The molecule has 0 saturated heterocycles. The molecule has 0 fully saturated rings. The molecule has 1 heterocycles. The first-order valence-electron chi connectivity index (χ1n) is 7.88. The van der Waals surface area contributed by atoms with Gasteiger partial charge in [-0.1, -0.05) is 44.2 Å². The van der Waals surface area contributed by atoms with E-state index >= 15 is 0 Å². The number of ether oxygens (including phenoxy) is 2. The van der Waals surface area contributed by atoms with Crippen molar-refractivity contribution in [3.63, 3.8) is 0 Å². The minimum Gasteiger partial charge on any atom is -0.496 e. The quantitative estimate of drug-likeness (QED) is 0.761. The van der Waals surface area contributed by atoms with Crippen LogP contribution in [0.4, 0.5) is 0 Å². The highest BCUT2D eigenvalue weighted by atomic mass is 16.5. The van der Waals surface area contributed by atoms with E-state index in [4.69, 9.17) is 9.47 Å². The Morgan fingerprint density at radius 2 is 1.54 bits per heavy atom. The highest BCUT2D eigenvalue weighted by Crippen LogP contribution is 2.38. The second-order valence-corrected chi connectivity index (χ2v) is 5.82. The first kappa shape index (κ1) is 16.1. The summed E-state index contributed by atoms with van der Waals surface area (Å²) in [5.41, 5.74) is 2.89. The maximum atomic E-state index is 5.56. The molecule has 3 rings (SSSR count). The Bertz CT molecular complexity index is 801. The number of hydrogen-bond donors (Lipinski definition) is 1. The van der Waals surface area contributed by atoms with Gasteiger partial charge in [0.15, 0.2) is 11.6 Å². The van der Waals surface area contributed by atoms with E-state index in [0.717, 1.165) is 34.0 Å². The smallest absolute Gasteiger partial charge is 0.181 e. The van der Waals surface area contributed by atoms with Crippen LogP contribution in [0.1, 0.15) is 25.3 Å². The summed E-state index contributed by atoms with van der Waals surface area (Å²) in [6, 6.07) is 13.8. The Kier molecular flexibility index (Phi) is 4.51. The molecular weight excluding hydrogens is 302 g/mol. The van der Waals surface area contributed by atoms with Crippen LogP contribution in [0.15, 0.2) is 42.5 Å². The molecule has 124 valence electrons. The van der Waals surface area contributed by atoms with Gasteiger partial charge < -0.3 is 9.47 Å². The summed E-state index contributed by atoms with van der Waals surface area (Å²) in [6.07, 6.45) is 0. The van der Waals surface area contributed by atoms with Crippen LogP contribution in [0.5, 0.6) is 11.5 Å². The molecule has 24 heavy (non-hydrogen) atoms. The van der Waals surface area contributed by atoms with E-state index in [1.807, 2.05) is 42.5 Å². The zero-order valence-electron chi connectivity index (χ0n) is 14.3. The van der Waals surface area contributed by atoms with Gasteiger partial charge in [-0.05, 0) is 18.1 Å². The summed E-state index contributed by atoms with van der Waals surface area (Å²) in [4.78, 5) is 4.60. The summed E-state index contributed by atoms with van der Waals surface area (Å²) in [5, 5.41) is 7.33. The minimum absolute atomic E-state index is 0.288. The predicted molar refractivity (Wildman–Crippen MR) is 94.4 cm³/mol. The van der Waals surface area contributed by atoms with Crippen molar-refractivity contribution in [3.8, 4) is 34.3 Å². The van der Waals surface area contributed by atoms with Crippen LogP contribution in [0.2, 0.25) is 0 Å². The monoisotopic (exact) mass is 323 g/mol. The number of methoxy groups -OCH3 is 2. The summed E-state index contributed by atoms with van der Waals surface area (Å²) in [5.74, 6) is 3.20. The molecule has 3 aromatic rings. The van der Waals surface area contributed by atoms with Crippen molar-refractivity contribution < 1.29 is 9.47 Å². The van der Waals surface area contributed by atoms with Gasteiger partial charge in [0.05, 0.1) is 14.2 Å². The standard InChI is InChI=1S/C19H21N3O2/c1-12(2)17-15(23-3)10-14(11-16(17)24-4)19-20-18(21-22-19)13-8-6-5-7-9-13/h5-12H,1-4H3,(H,20,21,22). The summed E-state index contributed by atoms with van der Waals surface area (Å²) in [6.45, 7) is 4.22. The molecule has 0 saturated carbocycles. The van der Waals surface area contributed by atoms with E-state index in [-0.39, 0.29) is 5.92 Å². The number of benzene rings is 2. The Balaban J connectivity index is 2.06. The predicted octanol–water partition coefficient (Wildman–Crippen LogP) is 4.28. The van der Waals surface area contributed by atoms with Gasteiger partial charge in [-0.25, -0.2) is 4.98 Å². The molecule has 0 spiro atoms. The van der Waals surface area contributed by atoms with Gasteiger partial charge in [0.2, 0.25) is 0 Å². The Morgan fingerprint density at radius 3 is 2.08 bits per heavy atom. The molecule has 0 atom stereocenters. The van der Waals surface area contributed by atoms with E-state index in [9.17, 15) is 0 Å². The van der Waals surface area contributed by atoms with Crippen LogP contribution < -0.4 is 9.47 Å². The molecule has 0 unspecified atom stereocenters. The van der Waals surface area contributed by atoms with Crippen LogP contribution >= 0.6 is 0 Å². The molecule has 0 aliphatic rings. The fourth-order valence-electron chi connectivity index (χ4n) is 2.75. The zero-order valence-corrected chi connectivity index (χ0v) is 14.3. The van der Waals surface area contributed by atoms with E-state index in [1.54, 1.807) is 14.2 Å². The summed E-state index contributed by atoms with van der Waals surface area (Å²) >= 11 is 0. The molecule has 2 aromatic carbocycles. The number of rotatable bonds is 5. The Labute approximate surface area is 141 Å². The number of aromatic amines is 1. The number of hydrogen-bond acceptors (Lipinski definition) is 4. The lowest BCUT2D eigenvalue weighted by Crippen LogP contribution is -2.00. The van der Waals surface area contributed by atoms with E-state index < -0.39 is 0 Å². The van der Waals surface area contributed by atoms with Gasteiger partial charge in [-0.2, -0.15) is 5.10 Å². The van der Waals surface area contributed by atoms with Crippen molar-refractivity contribution >= 4 is 0 Å². The van der Waals surface area contributed by atoms with Crippen molar-refractivity contribution in [2.45, 2.75) is 19.8 Å². The van der Waals surface area contributed by atoms with Crippen LogP contribution in [0.3, 0.4) is 0 Å². The van der Waals surface area contributed by atoms with Crippen LogP contribution in [-0.4, -0.2) is 29.4 Å². The minimum atomic E-state index is 0.288. The number of nitrogens with one attached hydrogen (secondary N) is 1. The third-order valence-electron chi connectivity index (χ3n) is 3.91. The topological polar surface area (TPSA) is 60.0 Å². The van der Waals surface area contributed by atoms with E-state index in [1.165, 1.54) is 0 Å². The second-order valence-electron chi connectivity index (χ2n) is 5.82. The fourth-order valence-corrected chi connectivity index (χ4v) is 2.75. The Morgan fingerprint density at radius 1 is 0.917 bits per heavy atom. The van der Waals surface area contributed by atoms with Crippen molar-refractivity contribution in [3.05, 3.63) is 48.0 Å². The van der Waals surface area contributed by atoms with Crippen molar-refractivity contribution in [2.75, 3.05) is 14.2 Å². The fraction of sp³-hybridized carbons (Fsp3) is 0.263. The molecule has 5 nitrogen and oxygen atoms in total. The van der Waals surface area contributed by atoms with Gasteiger partial charge in [0.1, 0.15) is 11.5 Å². The van der Waals surface area contributed by atoms with Gasteiger partial charge in [0, 0.05) is 16.7 Å². The average Bonchev–Trinajstić information content (AvgIpc) is 3.11. The van der Waals surface area contributed by atoms with E-state index in [2.05, 4.69) is 29.0 Å². The van der Waals surface area contributed by atoms with Gasteiger partial charge in [-0.3, -0.25) is 5.10 Å². The lowest BCUT2D eigenvalue weighted by Gasteiger charge is -2.17. The highest BCUT2D eigenvalue weighted by molar-refractivity contribution is 5.66. The highest BCUT2D eigenvalue weighted by Gasteiger charge is 2.18. The molecule has 0 radical (unpaired) electrons. The molecule has 1 N–H and O–H groups in total. The lowest BCUT2D eigenvalue weighted by atomic mass is 9.98. The normalized spacial score (nSPS) is 10.9. The first-order valence-corrected chi connectivity index (χ1v) is 7.88. The molecule has 5 heteroatoms. The number of aromatic nitrogens is 3. The first-order chi connectivity index (χ1) is 11.6. The second kappa shape index (κ2) is 6.74. The summed E-state index contributed by atoms with van der Waals surface area (Å²) in [7, 11) is 3.33. The maximum absolute atomic E-state index is 5.56. The Hall–Kier alpha value is -2.82. The van der Waals surface area contributed by atoms with Crippen molar-refractivity contribution in [1.82, 2.24) is 15.2 Å². The number of nitrogens with zero attached hydrogens (tertiary/aromatic N) is 2. The van der Waals surface area contributed by atoms with Crippen LogP contribution in [0.25, 0.3) is 22.8 Å². The zero-order chi connectivity index (χ0) is 17.1. The van der Waals surface area contributed by atoms with E-state index in [0.29, 0.717) is 5.82 Å². The lowest BCUT2D eigenvalue weighted by molar-refractivity contribution is 0.382. The number of H-pyrrole nitrogens is 1. The molecular formula is C19H21N3O2. The molecule has 1 aromatic heterocycles. The van der Waals surface area contributed by atoms with Crippen LogP contribution in [-0.2, 0) is 0 Å². The SMILES string of the molecule is COc1cc(-c2n[nH]c(-c3ccccc3)n2)cc(OC)c1C(C)C. The van der Waals surface area contributed by atoms with Crippen molar-refractivity contribution in [2.24, 2.45) is 0 Å². The third kappa shape index (κ3) is 2.97. The van der Waals surface area contributed by atoms with Gasteiger partial charge in [0.25, 0.3) is 0 Å².